The summed E-state index contributed by atoms with van der Waals surface area (Å²) < 4.78 is 1.00. The van der Waals surface area contributed by atoms with E-state index in [2.05, 4.69) is 32.1 Å². The predicted octanol–water partition coefficient (Wildman–Crippen LogP) is 1.43. The average molecular weight is 400 g/mol. The monoisotopic (exact) mass is 399 g/mol. The van der Waals surface area contributed by atoms with Crippen molar-refractivity contribution in [1.82, 2.24) is 16.2 Å². The van der Waals surface area contributed by atoms with E-state index < -0.39 is 17.6 Å². The van der Waals surface area contributed by atoms with Crippen LogP contribution in [0.25, 0.3) is 0 Å². The molecule has 2 fully saturated rings. The second-order valence-corrected chi connectivity index (χ2v) is 7.88. The highest BCUT2D eigenvalue weighted by molar-refractivity contribution is 9.10. The van der Waals surface area contributed by atoms with Gasteiger partial charge in [0.05, 0.1) is 0 Å². The summed E-state index contributed by atoms with van der Waals surface area (Å²) in [7, 11) is 0. The molecule has 0 saturated carbocycles. The molecule has 3 atom stereocenters. The van der Waals surface area contributed by atoms with Crippen LogP contribution in [-0.2, 0) is 9.59 Å². The number of benzene rings is 1. The Hall–Kier alpha value is -1.09. The van der Waals surface area contributed by atoms with Gasteiger partial charge in [0, 0.05) is 16.3 Å². The van der Waals surface area contributed by atoms with Crippen molar-refractivity contribution in [1.29, 1.82) is 0 Å². The third-order valence-corrected chi connectivity index (χ3v) is 6.00. The van der Waals surface area contributed by atoms with Crippen molar-refractivity contribution in [3.8, 4) is 0 Å². The molecule has 1 aromatic rings. The Morgan fingerprint density at radius 2 is 2.04 bits per heavy atom. The largest absolute Gasteiger partial charge is 0.479 e. The maximum absolute atomic E-state index is 12.4. The fourth-order valence-corrected chi connectivity index (χ4v) is 4.44. The van der Waals surface area contributed by atoms with Gasteiger partial charge in [-0.05, 0) is 36.3 Å². The maximum atomic E-state index is 12.4. The summed E-state index contributed by atoms with van der Waals surface area (Å²) in [4.78, 5) is 24.0. The molecule has 6 nitrogen and oxygen atoms in total. The number of halogens is 1. The number of hydrogen-bond donors (Lipinski definition) is 4. The summed E-state index contributed by atoms with van der Waals surface area (Å²) in [5.41, 5.74) is 6.05. The second kappa shape index (κ2) is 6.80. The molecule has 124 valence electrons. The van der Waals surface area contributed by atoms with Crippen LogP contribution in [0, 0.1) is 0 Å². The molecule has 1 amide bonds. The lowest BCUT2D eigenvalue weighted by molar-refractivity contribution is -0.146. The zero-order chi connectivity index (χ0) is 16.4. The highest BCUT2D eigenvalue weighted by Crippen LogP contribution is 2.29. The SMILES string of the molecule is O=C(NC1(C(=O)O)CCSC1)C1CC(c2ccc(Br)cc2)NN1. The molecule has 2 aliphatic heterocycles. The molecule has 8 heteroatoms. The van der Waals surface area contributed by atoms with Gasteiger partial charge in [0.25, 0.3) is 0 Å². The van der Waals surface area contributed by atoms with Crippen molar-refractivity contribution in [2.24, 2.45) is 0 Å². The molecule has 2 heterocycles. The van der Waals surface area contributed by atoms with Crippen LogP contribution in [0.5, 0.6) is 0 Å². The fourth-order valence-electron chi connectivity index (χ4n) is 2.85. The van der Waals surface area contributed by atoms with Crippen LogP contribution in [0.2, 0.25) is 0 Å². The number of carbonyl (C=O) groups excluding carboxylic acids is 1. The van der Waals surface area contributed by atoms with Gasteiger partial charge < -0.3 is 10.4 Å². The van der Waals surface area contributed by atoms with Crippen LogP contribution >= 0.6 is 27.7 Å². The molecule has 3 rings (SSSR count). The number of aliphatic carboxylic acids is 1. The van der Waals surface area contributed by atoms with Gasteiger partial charge in [-0.15, -0.1) is 0 Å². The van der Waals surface area contributed by atoms with Crippen molar-refractivity contribution < 1.29 is 14.7 Å². The van der Waals surface area contributed by atoms with Crippen LogP contribution in [0.15, 0.2) is 28.7 Å². The second-order valence-electron chi connectivity index (χ2n) is 5.86. The van der Waals surface area contributed by atoms with Crippen molar-refractivity contribution in [3.05, 3.63) is 34.3 Å². The lowest BCUT2D eigenvalue weighted by atomic mass is 9.97. The zero-order valence-corrected chi connectivity index (χ0v) is 14.7. The van der Waals surface area contributed by atoms with Gasteiger partial charge in [0.2, 0.25) is 5.91 Å². The van der Waals surface area contributed by atoms with Crippen LogP contribution in [0.3, 0.4) is 0 Å². The van der Waals surface area contributed by atoms with E-state index in [-0.39, 0.29) is 11.9 Å². The van der Waals surface area contributed by atoms with E-state index in [0.29, 0.717) is 18.6 Å². The molecule has 0 aliphatic carbocycles. The Balaban J connectivity index is 1.63. The first-order valence-corrected chi connectivity index (χ1v) is 9.35. The lowest BCUT2D eigenvalue weighted by Gasteiger charge is -2.26. The van der Waals surface area contributed by atoms with Crippen molar-refractivity contribution in [2.75, 3.05) is 11.5 Å². The third-order valence-electron chi connectivity index (χ3n) is 4.29. The van der Waals surface area contributed by atoms with E-state index in [1.807, 2.05) is 24.3 Å². The number of carboxylic acid groups (broad SMARTS) is 1. The van der Waals surface area contributed by atoms with E-state index >= 15 is 0 Å². The van der Waals surface area contributed by atoms with Gasteiger partial charge in [-0.2, -0.15) is 11.8 Å². The minimum absolute atomic E-state index is 0.0255. The molecule has 3 unspecified atom stereocenters. The summed E-state index contributed by atoms with van der Waals surface area (Å²) in [6.07, 6.45) is 1.05. The topological polar surface area (TPSA) is 90.5 Å². The summed E-state index contributed by atoms with van der Waals surface area (Å²) in [6.45, 7) is 0. The fraction of sp³-hybridized carbons (Fsp3) is 0.467. The van der Waals surface area contributed by atoms with E-state index in [0.717, 1.165) is 15.8 Å². The van der Waals surface area contributed by atoms with Crippen LogP contribution < -0.4 is 16.2 Å². The van der Waals surface area contributed by atoms with Crippen molar-refractivity contribution in [2.45, 2.75) is 30.5 Å². The summed E-state index contributed by atoms with van der Waals surface area (Å²) in [5.74, 6) is -0.0392. The molecule has 2 aliphatic rings. The number of carboxylic acids is 1. The number of amides is 1. The van der Waals surface area contributed by atoms with Gasteiger partial charge in [-0.25, -0.2) is 15.6 Å². The maximum Gasteiger partial charge on any atom is 0.330 e. The van der Waals surface area contributed by atoms with E-state index in [1.54, 1.807) is 11.8 Å². The standard InChI is InChI=1S/C15H18BrN3O3S/c16-10-3-1-9(2-4-10)11-7-12(19-18-11)13(20)17-15(14(21)22)5-6-23-8-15/h1-4,11-12,18-19H,5-8H2,(H,17,20)(H,21,22). The number of rotatable bonds is 4. The highest BCUT2D eigenvalue weighted by atomic mass is 79.9. The van der Waals surface area contributed by atoms with Crippen LogP contribution in [0.1, 0.15) is 24.4 Å². The Morgan fingerprint density at radius 1 is 1.30 bits per heavy atom. The van der Waals surface area contributed by atoms with E-state index in [4.69, 9.17) is 0 Å². The first-order valence-electron chi connectivity index (χ1n) is 7.40. The first kappa shape index (κ1) is 16.8. The highest BCUT2D eigenvalue weighted by Gasteiger charge is 2.45. The molecule has 1 aromatic carbocycles. The average Bonchev–Trinajstić information content (AvgIpc) is 3.17. The van der Waals surface area contributed by atoms with Gasteiger partial charge in [-0.3, -0.25) is 4.79 Å². The minimum Gasteiger partial charge on any atom is -0.479 e. The quantitative estimate of drug-likeness (QED) is 0.612. The van der Waals surface area contributed by atoms with Gasteiger partial charge in [0.1, 0.15) is 11.6 Å². The number of hydrogen-bond acceptors (Lipinski definition) is 5. The van der Waals surface area contributed by atoms with Crippen molar-refractivity contribution >= 4 is 39.6 Å². The number of carbonyl (C=O) groups is 2. The summed E-state index contributed by atoms with van der Waals surface area (Å²) in [6, 6.07) is 7.49. The van der Waals surface area contributed by atoms with Gasteiger partial charge in [-0.1, -0.05) is 28.1 Å². The lowest BCUT2D eigenvalue weighted by Crippen LogP contribution is -2.58. The molecule has 0 radical (unpaired) electrons. The Bertz CT molecular complexity index is 604. The summed E-state index contributed by atoms with van der Waals surface area (Å²) >= 11 is 4.96. The minimum atomic E-state index is -1.13. The van der Waals surface area contributed by atoms with Crippen molar-refractivity contribution in [3.63, 3.8) is 0 Å². The van der Waals surface area contributed by atoms with Gasteiger partial charge >= 0.3 is 5.97 Å². The molecule has 2 saturated heterocycles. The van der Waals surface area contributed by atoms with Gasteiger partial charge in [0.15, 0.2) is 0 Å². The molecule has 0 aromatic heterocycles. The normalized spacial score (nSPS) is 30.3. The number of nitrogens with one attached hydrogen (secondary N) is 3. The third kappa shape index (κ3) is 3.55. The smallest absolute Gasteiger partial charge is 0.330 e. The molecule has 0 bridgehead atoms. The predicted molar refractivity (Wildman–Crippen MR) is 92.0 cm³/mol. The molecule has 4 N–H and O–H groups in total. The van der Waals surface area contributed by atoms with Crippen LogP contribution in [-0.4, -0.2) is 40.1 Å². The first-order chi connectivity index (χ1) is 11.0. The molecular formula is C15H18BrN3O3S. The molecule has 0 spiro atoms. The zero-order valence-electron chi connectivity index (χ0n) is 12.3. The molecule has 23 heavy (non-hydrogen) atoms. The molecular weight excluding hydrogens is 382 g/mol. The summed E-state index contributed by atoms with van der Waals surface area (Å²) in [5, 5.41) is 12.2. The van der Waals surface area contributed by atoms with Crippen LogP contribution in [0.4, 0.5) is 0 Å². The Kier molecular flexibility index (Phi) is 4.96. The number of thioether (sulfide) groups is 1. The Labute approximate surface area is 146 Å². The number of hydrazine groups is 1. The van der Waals surface area contributed by atoms with E-state index in [9.17, 15) is 14.7 Å². The Morgan fingerprint density at radius 3 is 2.65 bits per heavy atom. The van der Waals surface area contributed by atoms with E-state index in [1.165, 1.54) is 0 Å².